The number of benzene rings is 2. The van der Waals surface area contributed by atoms with Gasteiger partial charge < -0.3 is 14.8 Å². The van der Waals surface area contributed by atoms with E-state index in [1.165, 1.54) is 31.1 Å². The molecule has 0 atom stereocenters. The van der Waals surface area contributed by atoms with E-state index in [-0.39, 0.29) is 18.2 Å². The number of hydrogen-bond donors (Lipinski definition) is 2. The molecule has 0 aliphatic carbocycles. The van der Waals surface area contributed by atoms with Crippen molar-refractivity contribution in [3.63, 3.8) is 0 Å². The zero-order chi connectivity index (χ0) is 22.4. The van der Waals surface area contributed by atoms with E-state index in [2.05, 4.69) is 29.5 Å². The van der Waals surface area contributed by atoms with Gasteiger partial charge >= 0.3 is 0 Å². The molecule has 0 spiro atoms. The Labute approximate surface area is 185 Å². The minimum absolute atomic E-state index is 0.120. The fourth-order valence-corrected chi connectivity index (χ4v) is 3.62. The van der Waals surface area contributed by atoms with Crippen LogP contribution < -0.4 is 20.1 Å². The van der Waals surface area contributed by atoms with E-state index < -0.39 is 0 Å². The summed E-state index contributed by atoms with van der Waals surface area (Å²) in [4.78, 5) is 29.2. The molecule has 0 fully saturated rings. The lowest BCUT2D eigenvalue weighted by atomic mass is 10.0. The van der Waals surface area contributed by atoms with Crippen molar-refractivity contribution in [2.75, 3.05) is 24.9 Å². The first-order valence-corrected chi connectivity index (χ1v) is 10.6. The van der Waals surface area contributed by atoms with E-state index in [1.54, 1.807) is 23.6 Å². The Balaban J connectivity index is 1.58. The van der Waals surface area contributed by atoms with Gasteiger partial charge in [-0.15, -0.1) is 11.3 Å². The number of aromatic nitrogens is 1. The maximum Gasteiger partial charge on any atom is 0.257 e. The highest BCUT2D eigenvalue weighted by molar-refractivity contribution is 7.14. The molecule has 3 rings (SSSR count). The average Bonchev–Trinajstić information content (AvgIpc) is 3.19. The van der Waals surface area contributed by atoms with Gasteiger partial charge in [0.15, 0.2) is 16.6 Å². The molecule has 0 radical (unpaired) electrons. The van der Waals surface area contributed by atoms with Crippen LogP contribution in [0.15, 0.2) is 47.8 Å². The summed E-state index contributed by atoms with van der Waals surface area (Å²) in [6.07, 6.45) is 0.120. The minimum atomic E-state index is -0.323. The van der Waals surface area contributed by atoms with Gasteiger partial charge in [-0.1, -0.05) is 26.0 Å². The molecule has 0 saturated heterocycles. The smallest absolute Gasteiger partial charge is 0.257 e. The molecule has 1 aromatic heterocycles. The number of carbonyl (C=O) groups is 2. The zero-order valence-corrected chi connectivity index (χ0v) is 18.7. The fourth-order valence-electron chi connectivity index (χ4n) is 2.91. The number of thiazole rings is 1. The van der Waals surface area contributed by atoms with E-state index in [0.717, 1.165) is 5.69 Å². The molecule has 0 bridgehead atoms. The molecule has 2 N–H and O–H groups in total. The highest BCUT2D eigenvalue weighted by Crippen LogP contribution is 2.28. The number of rotatable bonds is 8. The summed E-state index contributed by atoms with van der Waals surface area (Å²) in [6, 6.07) is 12.7. The zero-order valence-electron chi connectivity index (χ0n) is 17.9. The maximum absolute atomic E-state index is 12.5. The van der Waals surface area contributed by atoms with Crippen LogP contribution >= 0.6 is 11.3 Å². The minimum Gasteiger partial charge on any atom is -0.493 e. The number of methoxy groups -OCH3 is 2. The van der Waals surface area contributed by atoms with Crippen molar-refractivity contribution in [2.24, 2.45) is 0 Å². The van der Waals surface area contributed by atoms with E-state index >= 15 is 0 Å². The third-order valence-electron chi connectivity index (χ3n) is 4.62. The van der Waals surface area contributed by atoms with Crippen LogP contribution in [0.5, 0.6) is 11.5 Å². The summed E-state index contributed by atoms with van der Waals surface area (Å²) in [5.41, 5.74) is 2.96. The monoisotopic (exact) mass is 439 g/mol. The Bertz CT molecular complexity index is 1060. The Hall–Kier alpha value is -3.39. The molecule has 31 heavy (non-hydrogen) atoms. The molecule has 2 aromatic carbocycles. The average molecular weight is 440 g/mol. The van der Waals surface area contributed by atoms with Gasteiger partial charge in [-0.3, -0.25) is 14.9 Å². The Morgan fingerprint density at radius 2 is 1.71 bits per heavy atom. The first-order valence-electron chi connectivity index (χ1n) is 9.77. The van der Waals surface area contributed by atoms with Crippen LogP contribution in [-0.2, 0) is 11.2 Å². The van der Waals surface area contributed by atoms with Gasteiger partial charge in [0.1, 0.15) is 0 Å². The van der Waals surface area contributed by atoms with Gasteiger partial charge in [-0.2, -0.15) is 0 Å². The standard InChI is InChI=1S/C23H25N3O4S/c1-14(2)15-5-8-17(9-6-15)24-21(27)12-18-13-31-23(25-18)26-22(28)16-7-10-19(29-3)20(11-16)30-4/h5-11,13-14H,12H2,1-4H3,(H,24,27)(H,25,26,28). The summed E-state index contributed by atoms with van der Waals surface area (Å²) in [5.74, 6) is 0.956. The second-order valence-corrected chi connectivity index (χ2v) is 8.03. The van der Waals surface area contributed by atoms with Crippen molar-refractivity contribution in [1.29, 1.82) is 0 Å². The topological polar surface area (TPSA) is 89.5 Å². The van der Waals surface area contributed by atoms with Gasteiger partial charge in [0.2, 0.25) is 5.91 Å². The number of carbonyl (C=O) groups excluding carboxylic acids is 2. The molecule has 0 unspecified atom stereocenters. The molecule has 8 heteroatoms. The first-order chi connectivity index (χ1) is 14.9. The number of nitrogens with one attached hydrogen (secondary N) is 2. The lowest BCUT2D eigenvalue weighted by Gasteiger charge is -2.09. The molecule has 1 heterocycles. The Kier molecular flexibility index (Phi) is 7.25. The molecule has 162 valence electrons. The van der Waals surface area contributed by atoms with E-state index in [1.807, 2.05) is 24.3 Å². The van der Waals surface area contributed by atoms with Crippen LogP contribution in [0.25, 0.3) is 0 Å². The Morgan fingerprint density at radius 3 is 2.35 bits per heavy atom. The molecular weight excluding hydrogens is 414 g/mol. The fraction of sp³-hybridized carbons (Fsp3) is 0.261. The number of anilines is 2. The van der Waals surface area contributed by atoms with E-state index in [4.69, 9.17) is 9.47 Å². The molecule has 3 aromatic rings. The quantitative estimate of drug-likeness (QED) is 0.530. The van der Waals surface area contributed by atoms with Gasteiger partial charge in [-0.25, -0.2) is 4.98 Å². The summed E-state index contributed by atoms with van der Waals surface area (Å²) >= 11 is 1.26. The van der Waals surface area contributed by atoms with Crippen molar-refractivity contribution in [1.82, 2.24) is 4.98 Å². The molecule has 0 aliphatic heterocycles. The maximum atomic E-state index is 12.5. The molecule has 2 amide bonds. The van der Waals surface area contributed by atoms with Crippen LogP contribution in [0.4, 0.5) is 10.8 Å². The molecular formula is C23H25N3O4S. The summed E-state index contributed by atoms with van der Waals surface area (Å²) in [6.45, 7) is 4.24. The molecule has 7 nitrogen and oxygen atoms in total. The highest BCUT2D eigenvalue weighted by Gasteiger charge is 2.14. The number of hydrogen-bond acceptors (Lipinski definition) is 6. The van der Waals surface area contributed by atoms with Crippen molar-refractivity contribution < 1.29 is 19.1 Å². The summed E-state index contributed by atoms with van der Waals surface area (Å²) in [7, 11) is 3.04. The second kappa shape index (κ2) is 10.1. The largest absolute Gasteiger partial charge is 0.493 e. The SMILES string of the molecule is COc1ccc(C(=O)Nc2nc(CC(=O)Nc3ccc(C(C)C)cc3)cs2)cc1OC. The van der Waals surface area contributed by atoms with Crippen LogP contribution in [0.3, 0.4) is 0 Å². The molecule has 0 aliphatic rings. The van der Waals surface area contributed by atoms with Crippen LogP contribution in [0, 0.1) is 0 Å². The van der Waals surface area contributed by atoms with E-state index in [0.29, 0.717) is 33.8 Å². The predicted molar refractivity (Wildman–Crippen MR) is 122 cm³/mol. The van der Waals surface area contributed by atoms with Gasteiger partial charge in [0, 0.05) is 16.6 Å². The van der Waals surface area contributed by atoms with Crippen LogP contribution in [0.1, 0.15) is 41.4 Å². The lowest BCUT2D eigenvalue weighted by molar-refractivity contribution is -0.115. The lowest BCUT2D eigenvalue weighted by Crippen LogP contribution is -2.15. The number of amides is 2. The van der Waals surface area contributed by atoms with Crippen molar-refractivity contribution in [3.05, 3.63) is 64.7 Å². The highest BCUT2D eigenvalue weighted by atomic mass is 32.1. The van der Waals surface area contributed by atoms with Crippen LogP contribution in [-0.4, -0.2) is 31.0 Å². The third-order valence-corrected chi connectivity index (χ3v) is 5.43. The third kappa shape index (κ3) is 5.82. The second-order valence-electron chi connectivity index (χ2n) is 7.17. The van der Waals surface area contributed by atoms with Gasteiger partial charge in [0.05, 0.1) is 26.3 Å². The van der Waals surface area contributed by atoms with Gasteiger partial charge in [0.25, 0.3) is 5.91 Å². The number of ether oxygens (including phenoxy) is 2. The number of nitrogens with zero attached hydrogens (tertiary/aromatic N) is 1. The van der Waals surface area contributed by atoms with Gasteiger partial charge in [-0.05, 0) is 41.8 Å². The summed E-state index contributed by atoms with van der Waals surface area (Å²) < 4.78 is 10.4. The van der Waals surface area contributed by atoms with E-state index in [9.17, 15) is 9.59 Å². The van der Waals surface area contributed by atoms with Crippen molar-refractivity contribution >= 4 is 34.0 Å². The van der Waals surface area contributed by atoms with Crippen LogP contribution in [0.2, 0.25) is 0 Å². The molecule has 0 saturated carbocycles. The first kappa shape index (κ1) is 22.3. The Morgan fingerprint density at radius 1 is 1.00 bits per heavy atom. The van der Waals surface area contributed by atoms with Crippen molar-refractivity contribution in [2.45, 2.75) is 26.2 Å². The normalized spacial score (nSPS) is 10.6. The predicted octanol–water partition coefficient (Wildman–Crippen LogP) is 4.72. The summed E-state index contributed by atoms with van der Waals surface area (Å²) in [5, 5.41) is 7.79. The van der Waals surface area contributed by atoms with Crippen molar-refractivity contribution in [3.8, 4) is 11.5 Å².